The molecule has 1 aromatic heterocycles. The second kappa shape index (κ2) is 11.3. The first-order valence-electron chi connectivity index (χ1n) is 11.5. The lowest BCUT2D eigenvalue weighted by molar-refractivity contribution is -0.127. The van der Waals surface area contributed by atoms with E-state index in [0.29, 0.717) is 28.5 Å². The van der Waals surface area contributed by atoms with Gasteiger partial charge in [0.1, 0.15) is 24.6 Å². The van der Waals surface area contributed by atoms with Crippen molar-refractivity contribution in [3.05, 3.63) is 82.9 Å². The smallest absolute Gasteiger partial charge is 0.373 e. The van der Waals surface area contributed by atoms with Crippen LogP contribution in [0.4, 0.5) is 10.5 Å². The molecule has 4 amide bonds. The number of ether oxygens (including phenoxy) is 3. The number of benzene rings is 2. The van der Waals surface area contributed by atoms with Crippen LogP contribution in [0, 0.1) is 6.92 Å². The lowest BCUT2D eigenvalue weighted by Gasteiger charge is -2.13. The summed E-state index contributed by atoms with van der Waals surface area (Å²) in [4.78, 5) is 50.0. The van der Waals surface area contributed by atoms with Gasteiger partial charge in [-0.05, 0) is 54.5 Å². The van der Waals surface area contributed by atoms with E-state index in [1.165, 1.54) is 26.4 Å². The largest absolute Gasteiger partial charge is 0.493 e. The minimum absolute atomic E-state index is 0.0142. The monoisotopic (exact) mass is 519 g/mol. The summed E-state index contributed by atoms with van der Waals surface area (Å²) in [6, 6.07) is 14.5. The zero-order chi connectivity index (χ0) is 27.2. The normalized spacial score (nSPS) is 13.9. The van der Waals surface area contributed by atoms with E-state index in [2.05, 4.69) is 15.4 Å². The first kappa shape index (κ1) is 26.0. The number of furan rings is 1. The number of imide groups is 1. The van der Waals surface area contributed by atoms with Crippen molar-refractivity contribution in [2.75, 3.05) is 26.1 Å². The van der Waals surface area contributed by atoms with Crippen molar-refractivity contribution >= 4 is 35.6 Å². The molecule has 2 N–H and O–H groups in total. The fraction of sp³-hybridized carbons (Fsp3) is 0.185. The highest BCUT2D eigenvalue weighted by atomic mass is 16.5. The summed E-state index contributed by atoms with van der Waals surface area (Å²) in [5.41, 5.74) is 2.02. The fourth-order valence-electron chi connectivity index (χ4n) is 3.64. The van der Waals surface area contributed by atoms with E-state index in [9.17, 15) is 19.2 Å². The SMILES string of the molecule is COC(=O)c1ccc(COc2ccc(/C=C3/NC(=O)N(CC(=O)Nc4ccccc4C)C3=O)cc2OC)o1. The number of esters is 1. The van der Waals surface area contributed by atoms with Crippen LogP contribution in [0.5, 0.6) is 11.5 Å². The molecule has 1 fully saturated rings. The molecule has 1 saturated heterocycles. The van der Waals surface area contributed by atoms with E-state index in [1.54, 1.807) is 36.4 Å². The number of nitrogens with one attached hydrogen (secondary N) is 2. The highest BCUT2D eigenvalue weighted by Crippen LogP contribution is 2.30. The number of amides is 4. The molecule has 0 radical (unpaired) electrons. The van der Waals surface area contributed by atoms with Crippen LogP contribution >= 0.6 is 0 Å². The van der Waals surface area contributed by atoms with Gasteiger partial charge in [-0.15, -0.1) is 0 Å². The van der Waals surface area contributed by atoms with Gasteiger partial charge in [0, 0.05) is 5.69 Å². The molecule has 38 heavy (non-hydrogen) atoms. The Labute approximate surface area is 218 Å². The van der Waals surface area contributed by atoms with Crippen molar-refractivity contribution < 1.29 is 37.8 Å². The van der Waals surface area contributed by atoms with Gasteiger partial charge in [-0.2, -0.15) is 0 Å². The second-order valence-corrected chi connectivity index (χ2v) is 8.20. The molecular weight excluding hydrogens is 494 g/mol. The van der Waals surface area contributed by atoms with Gasteiger partial charge in [0.15, 0.2) is 11.5 Å². The summed E-state index contributed by atoms with van der Waals surface area (Å²) in [6.07, 6.45) is 1.47. The van der Waals surface area contributed by atoms with E-state index in [1.807, 2.05) is 19.1 Å². The standard InChI is InChI=1S/C27H25N3O8/c1-16-6-4-5-7-19(16)28-24(31)14-30-25(32)20(29-27(30)34)12-17-8-10-21(23(13-17)35-2)37-15-18-9-11-22(38-18)26(33)36-3/h4-13H,14-15H2,1-3H3,(H,28,31)(H,29,34)/b20-12+. The summed E-state index contributed by atoms with van der Waals surface area (Å²) in [7, 11) is 2.72. The first-order chi connectivity index (χ1) is 18.3. The number of para-hydroxylation sites is 1. The topological polar surface area (TPSA) is 136 Å². The molecule has 2 aromatic carbocycles. The van der Waals surface area contributed by atoms with Crippen molar-refractivity contribution in [2.45, 2.75) is 13.5 Å². The van der Waals surface area contributed by atoms with E-state index in [0.717, 1.165) is 10.5 Å². The molecule has 1 aliphatic heterocycles. The lowest BCUT2D eigenvalue weighted by Crippen LogP contribution is -2.38. The number of carbonyl (C=O) groups excluding carboxylic acids is 4. The maximum atomic E-state index is 12.8. The number of hydrogen-bond donors (Lipinski definition) is 2. The van der Waals surface area contributed by atoms with Crippen LogP contribution in [0.15, 0.2) is 64.7 Å². The molecule has 0 atom stereocenters. The van der Waals surface area contributed by atoms with Crippen molar-refractivity contribution in [1.82, 2.24) is 10.2 Å². The van der Waals surface area contributed by atoms with E-state index in [4.69, 9.17) is 13.9 Å². The van der Waals surface area contributed by atoms with Crippen LogP contribution < -0.4 is 20.1 Å². The molecule has 2 heterocycles. The number of rotatable bonds is 9. The van der Waals surface area contributed by atoms with Crippen LogP contribution in [0.25, 0.3) is 6.08 Å². The summed E-state index contributed by atoms with van der Waals surface area (Å²) in [5.74, 6) is -0.497. The third-order valence-electron chi connectivity index (χ3n) is 5.60. The molecule has 4 rings (SSSR count). The Bertz CT molecular complexity index is 1430. The van der Waals surface area contributed by atoms with Gasteiger partial charge in [-0.3, -0.25) is 9.59 Å². The van der Waals surface area contributed by atoms with Crippen LogP contribution in [-0.2, 0) is 20.9 Å². The van der Waals surface area contributed by atoms with Crippen LogP contribution in [0.1, 0.15) is 27.4 Å². The van der Waals surface area contributed by atoms with E-state index in [-0.39, 0.29) is 18.1 Å². The van der Waals surface area contributed by atoms with Gasteiger partial charge >= 0.3 is 12.0 Å². The van der Waals surface area contributed by atoms with Gasteiger partial charge in [0.25, 0.3) is 5.91 Å². The second-order valence-electron chi connectivity index (χ2n) is 8.20. The number of anilines is 1. The number of urea groups is 1. The fourth-order valence-corrected chi connectivity index (χ4v) is 3.64. The summed E-state index contributed by atoms with van der Waals surface area (Å²) in [5, 5.41) is 5.20. The average Bonchev–Trinajstić information content (AvgIpc) is 3.49. The molecule has 0 bridgehead atoms. The minimum atomic E-state index is -0.696. The molecule has 0 unspecified atom stereocenters. The molecule has 0 saturated carbocycles. The lowest BCUT2D eigenvalue weighted by atomic mass is 10.1. The third kappa shape index (κ3) is 5.84. The van der Waals surface area contributed by atoms with Gasteiger partial charge in [0.2, 0.25) is 11.7 Å². The summed E-state index contributed by atoms with van der Waals surface area (Å²) < 4.78 is 21.1. The Balaban J connectivity index is 1.41. The highest BCUT2D eigenvalue weighted by molar-refractivity contribution is 6.16. The first-order valence-corrected chi connectivity index (χ1v) is 11.5. The Hall–Kier alpha value is -5.06. The summed E-state index contributed by atoms with van der Waals surface area (Å²) >= 11 is 0. The van der Waals surface area contributed by atoms with Gasteiger partial charge in [-0.25, -0.2) is 14.5 Å². The molecule has 1 aliphatic rings. The maximum Gasteiger partial charge on any atom is 0.373 e. The number of nitrogens with zero attached hydrogens (tertiary/aromatic N) is 1. The molecule has 196 valence electrons. The third-order valence-corrected chi connectivity index (χ3v) is 5.60. The van der Waals surface area contributed by atoms with Crippen molar-refractivity contribution in [2.24, 2.45) is 0 Å². The number of methoxy groups -OCH3 is 2. The molecule has 0 spiro atoms. The molecular formula is C27H25N3O8. The minimum Gasteiger partial charge on any atom is -0.493 e. The van der Waals surface area contributed by atoms with Crippen molar-refractivity contribution in [3.63, 3.8) is 0 Å². The zero-order valence-electron chi connectivity index (χ0n) is 20.9. The van der Waals surface area contributed by atoms with Gasteiger partial charge < -0.3 is 29.3 Å². The number of carbonyl (C=O) groups is 4. The highest BCUT2D eigenvalue weighted by Gasteiger charge is 2.35. The van der Waals surface area contributed by atoms with Crippen LogP contribution in [-0.4, -0.2) is 49.5 Å². The Kier molecular flexibility index (Phi) is 7.76. The predicted octanol–water partition coefficient (Wildman–Crippen LogP) is 3.49. The number of hydrogen-bond acceptors (Lipinski definition) is 8. The molecule has 0 aliphatic carbocycles. The average molecular weight is 520 g/mol. The quantitative estimate of drug-likeness (QED) is 0.249. The van der Waals surface area contributed by atoms with Crippen LogP contribution in [0.2, 0.25) is 0 Å². The number of aryl methyl sites for hydroxylation is 1. The van der Waals surface area contributed by atoms with Crippen molar-refractivity contribution in [1.29, 1.82) is 0 Å². The molecule has 11 heteroatoms. The summed E-state index contributed by atoms with van der Waals surface area (Å²) in [6.45, 7) is 1.44. The van der Waals surface area contributed by atoms with Gasteiger partial charge in [0.05, 0.1) is 14.2 Å². The maximum absolute atomic E-state index is 12.8. The predicted molar refractivity (Wildman–Crippen MR) is 135 cm³/mol. The van der Waals surface area contributed by atoms with Crippen LogP contribution in [0.3, 0.4) is 0 Å². The Morgan fingerprint density at radius 1 is 1.05 bits per heavy atom. The Morgan fingerprint density at radius 2 is 1.84 bits per heavy atom. The van der Waals surface area contributed by atoms with E-state index < -0.39 is 30.4 Å². The molecule has 3 aromatic rings. The Morgan fingerprint density at radius 3 is 2.58 bits per heavy atom. The van der Waals surface area contributed by atoms with E-state index >= 15 is 0 Å². The molecule has 11 nitrogen and oxygen atoms in total. The zero-order valence-corrected chi connectivity index (χ0v) is 20.9. The van der Waals surface area contributed by atoms with Gasteiger partial charge in [-0.1, -0.05) is 24.3 Å². The van der Waals surface area contributed by atoms with Crippen molar-refractivity contribution in [3.8, 4) is 11.5 Å².